The van der Waals surface area contributed by atoms with Crippen LogP contribution in [-0.4, -0.2) is 23.8 Å². The Bertz CT molecular complexity index is 1320. The highest BCUT2D eigenvalue weighted by molar-refractivity contribution is 5.76. The average molecular weight is 365 g/mol. The van der Waals surface area contributed by atoms with E-state index in [-0.39, 0.29) is 0 Å². The van der Waals surface area contributed by atoms with E-state index < -0.39 is 0 Å². The lowest BCUT2D eigenvalue weighted by molar-refractivity contribution is 1.07. The monoisotopic (exact) mass is 365 g/mol. The van der Waals surface area contributed by atoms with Gasteiger partial charge in [-0.25, -0.2) is 9.97 Å². The van der Waals surface area contributed by atoms with Gasteiger partial charge in [0.2, 0.25) is 0 Å². The van der Waals surface area contributed by atoms with Gasteiger partial charge in [0.05, 0.1) is 17.8 Å². The first-order valence-electron chi connectivity index (χ1n) is 8.80. The molecular formula is C21H15N7. The summed E-state index contributed by atoms with van der Waals surface area (Å²) in [7, 11) is 0. The number of imidazole rings is 2. The van der Waals surface area contributed by atoms with Crippen molar-refractivity contribution in [1.29, 1.82) is 5.26 Å². The van der Waals surface area contributed by atoms with Gasteiger partial charge in [0.1, 0.15) is 17.2 Å². The molecule has 0 saturated heterocycles. The number of benzene rings is 1. The van der Waals surface area contributed by atoms with E-state index in [0.717, 1.165) is 33.9 Å². The fourth-order valence-corrected chi connectivity index (χ4v) is 3.22. The molecule has 0 aliphatic rings. The maximum atomic E-state index is 8.96. The topological polar surface area (TPSA) is 83.3 Å². The first-order chi connectivity index (χ1) is 13.8. The molecule has 0 atom stereocenters. The molecule has 0 aliphatic heterocycles. The van der Waals surface area contributed by atoms with Gasteiger partial charge in [-0.05, 0) is 29.8 Å². The number of nitriles is 1. The normalized spacial score (nSPS) is 11.0. The third kappa shape index (κ3) is 2.73. The Labute approximate surface area is 160 Å². The van der Waals surface area contributed by atoms with Gasteiger partial charge < -0.3 is 9.72 Å². The van der Waals surface area contributed by atoms with Crippen molar-refractivity contribution in [2.24, 2.45) is 0 Å². The Hall–Kier alpha value is -4.18. The van der Waals surface area contributed by atoms with Gasteiger partial charge in [0, 0.05) is 43.1 Å². The Balaban J connectivity index is 1.56. The molecule has 1 aromatic carbocycles. The summed E-state index contributed by atoms with van der Waals surface area (Å²) in [5.74, 6) is 0.890. The molecule has 28 heavy (non-hydrogen) atoms. The lowest BCUT2D eigenvalue weighted by atomic mass is 10.1. The van der Waals surface area contributed by atoms with Crippen molar-refractivity contribution < 1.29 is 0 Å². The lowest BCUT2D eigenvalue weighted by Crippen LogP contribution is -2.03. The van der Waals surface area contributed by atoms with Crippen molar-refractivity contribution in [3.8, 4) is 17.3 Å². The number of anilines is 1. The van der Waals surface area contributed by atoms with E-state index in [0.29, 0.717) is 12.1 Å². The van der Waals surface area contributed by atoms with Crippen LogP contribution in [0, 0.1) is 11.3 Å². The van der Waals surface area contributed by atoms with E-state index in [2.05, 4.69) is 21.4 Å². The van der Waals surface area contributed by atoms with E-state index in [9.17, 15) is 0 Å². The maximum absolute atomic E-state index is 8.96. The van der Waals surface area contributed by atoms with Crippen molar-refractivity contribution in [3.05, 3.63) is 84.7 Å². The molecule has 0 saturated carbocycles. The first-order valence-corrected chi connectivity index (χ1v) is 8.80. The Morgan fingerprint density at radius 3 is 2.75 bits per heavy atom. The van der Waals surface area contributed by atoms with Gasteiger partial charge in [0.15, 0.2) is 5.65 Å². The first kappa shape index (κ1) is 16.0. The molecule has 0 aliphatic carbocycles. The van der Waals surface area contributed by atoms with Crippen LogP contribution in [0.5, 0.6) is 0 Å². The minimum Gasteiger partial charge on any atom is -0.365 e. The van der Waals surface area contributed by atoms with E-state index in [1.165, 1.54) is 0 Å². The predicted molar refractivity (Wildman–Crippen MR) is 106 cm³/mol. The van der Waals surface area contributed by atoms with Crippen LogP contribution in [0.1, 0.15) is 11.1 Å². The molecule has 7 nitrogen and oxygen atoms in total. The second-order valence-electron chi connectivity index (χ2n) is 6.39. The molecule has 0 spiro atoms. The third-order valence-electron chi connectivity index (χ3n) is 4.64. The quantitative estimate of drug-likeness (QED) is 0.527. The van der Waals surface area contributed by atoms with Crippen molar-refractivity contribution in [3.63, 3.8) is 0 Å². The van der Waals surface area contributed by atoms with Gasteiger partial charge in [-0.3, -0.25) is 9.38 Å². The lowest BCUT2D eigenvalue weighted by Gasteiger charge is -2.09. The number of nitrogens with zero attached hydrogens (tertiary/aromatic N) is 6. The zero-order chi connectivity index (χ0) is 18.9. The molecule has 1 N–H and O–H groups in total. The number of hydrogen-bond acceptors (Lipinski definition) is 5. The van der Waals surface area contributed by atoms with E-state index in [1.807, 2.05) is 63.8 Å². The number of rotatable bonds is 4. The van der Waals surface area contributed by atoms with Crippen LogP contribution in [0.15, 0.2) is 73.6 Å². The third-order valence-corrected chi connectivity index (χ3v) is 4.64. The molecule has 5 rings (SSSR count). The van der Waals surface area contributed by atoms with Gasteiger partial charge >= 0.3 is 0 Å². The van der Waals surface area contributed by atoms with Crippen molar-refractivity contribution in [2.75, 3.05) is 5.32 Å². The van der Waals surface area contributed by atoms with Crippen LogP contribution in [0.4, 0.5) is 5.82 Å². The van der Waals surface area contributed by atoms with Crippen molar-refractivity contribution in [1.82, 2.24) is 23.8 Å². The highest BCUT2D eigenvalue weighted by Crippen LogP contribution is 2.29. The molecule has 5 aromatic rings. The number of nitrogens with one attached hydrogen (secondary N) is 1. The summed E-state index contributed by atoms with van der Waals surface area (Å²) in [6.45, 7) is 0.613. The van der Waals surface area contributed by atoms with Crippen LogP contribution in [0.25, 0.3) is 22.6 Å². The van der Waals surface area contributed by atoms with E-state index in [1.54, 1.807) is 18.6 Å². The van der Waals surface area contributed by atoms with Crippen LogP contribution in [-0.2, 0) is 6.54 Å². The predicted octanol–water partition coefficient (Wildman–Crippen LogP) is 3.53. The highest BCUT2D eigenvalue weighted by Gasteiger charge is 2.14. The molecule has 134 valence electrons. The minimum atomic E-state index is 0.613. The van der Waals surface area contributed by atoms with Gasteiger partial charge in [0.25, 0.3) is 0 Å². The zero-order valence-corrected chi connectivity index (χ0v) is 14.8. The number of fused-ring (bicyclic) bond motifs is 2. The van der Waals surface area contributed by atoms with Crippen molar-refractivity contribution >= 4 is 17.1 Å². The molecule has 0 bridgehead atoms. The van der Waals surface area contributed by atoms with Crippen LogP contribution in [0.3, 0.4) is 0 Å². The SMILES string of the molecule is N#Cc1ccc(CNc2c(-c3ccc4nccn4c3)nc3cnccn23)cc1. The van der Waals surface area contributed by atoms with E-state index >= 15 is 0 Å². The summed E-state index contributed by atoms with van der Waals surface area (Å²) in [6, 6.07) is 13.7. The fourth-order valence-electron chi connectivity index (χ4n) is 3.22. The molecule has 0 fully saturated rings. The number of hydrogen-bond donors (Lipinski definition) is 1. The largest absolute Gasteiger partial charge is 0.365 e. The molecule has 0 unspecified atom stereocenters. The summed E-state index contributed by atoms with van der Waals surface area (Å²) in [5, 5.41) is 12.5. The minimum absolute atomic E-state index is 0.613. The van der Waals surface area contributed by atoms with Crippen LogP contribution < -0.4 is 5.32 Å². The maximum Gasteiger partial charge on any atom is 0.157 e. The summed E-state index contributed by atoms with van der Waals surface area (Å²) >= 11 is 0. The van der Waals surface area contributed by atoms with Crippen LogP contribution in [0.2, 0.25) is 0 Å². The van der Waals surface area contributed by atoms with Gasteiger partial charge in [-0.1, -0.05) is 12.1 Å². The summed E-state index contributed by atoms with van der Waals surface area (Å²) < 4.78 is 3.96. The summed E-state index contributed by atoms with van der Waals surface area (Å²) in [6.07, 6.45) is 11.1. The highest BCUT2D eigenvalue weighted by atomic mass is 15.1. The summed E-state index contributed by atoms with van der Waals surface area (Å²) in [5.41, 5.74) is 5.22. The molecule has 7 heteroatoms. The van der Waals surface area contributed by atoms with E-state index in [4.69, 9.17) is 10.2 Å². The average Bonchev–Trinajstić information content (AvgIpc) is 3.36. The molecular weight excluding hydrogens is 350 g/mol. The Morgan fingerprint density at radius 2 is 1.89 bits per heavy atom. The van der Waals surface area contributed by atoms with Gasteiger partial charge in [-0.15, -0.1) is 0 Å². The fraction of sp³-hybridized carbons (Fsp3) is 0.0476. The zero-order valence-electron chi connectivity index (χ0n) is 14.8. The molecule has 4 aromatic heterocycles. The second-order valence-corrected chi connectivity index (χ2v) is 6.39. The smallest absolute Gasteiger partial charge is 0.157 e. The Kier molecular flexibility index (Phi) is 3.73. The molecule has 0 radical (unpaired) electrons. The number of pyridine rings is 1. The Morgan fingerprint density at radius 1 is 1.00 bits per heavy atom. The number of aromatic nitrogens is 5. The molecule has 0 amide bonds. The molecule has 4 heterocycles. The standard InChI is InChI=1S/C21H15N7/c22-11-15-1-3-16(4-2-15)12-25-21-20(26-19-13-23-7-10-28(19)21)17-5-6-18-24-8-9-27(18)14-17/h1-10,13-14,25H,12H2. The second kappa shape index (κ2) is 6.52. The van der Waals surface area contributed by atoms with Crippen molar-refractivity contribution in [2.45, 2.75) is 6.54 Å². The summed E-state index contributed by atoms with van der Waals surface area (Å²) in [4.78, 5) is 13.3. The van der Waals surface area contributed by atoms with Gasteiger partial charge in [-0.2, -0.15) is 5.26 Å². The van der Waals surface area contributed by atoms with Crippen LogP contribution >= 0.6 is 0 Å².